The molecule has 0 amide bonds. The normalized spacial score (nSPS) is 9.81. The van der Waals surface area contributed by atoms with Crippen molar-refractivity contribution in [2.24, 2.45) is 0 Å². The van der Waals surface area contributed by atoms with Gasteiger partial charge in [0.2, 0.25) is 0 Å². The van der Waals surface area contributed by atoms with E-state index in [1.807, 2.05) is 6.07 Å². The number of nitriles is 1. The third-order valence-corrected chi connectivity index (χ3v) is 3.17. The summed E-state index contributed by atoms with van der Waals surface area (Å²) in [5, 5.41) is 12.0. The van der Waals surface area contributed by atoms with Crippen molar-refractivity contribution in [3.63, 3.8) is 0 Å². The van der Waals surface area contributed by atoms with E-state index in [4.69, 9.17) is 5.26 Å². The third kappa shape index (κ3) is 2.05. The van der Waals surface area contributed by atoms with E-state index in [0.29, 0.717) is 10.7 Å². The standard InChI is InChI=1S/C12H11N3S/c1-8-3-4-10(5-9(8)2)15-12-11(6-13)16-7-14-12/h3-5,7,15H,1-2H3. The molecular formula is C12H11N3S. The summed E-state index contributed by atoms with van der Waals surface area (Å²) in [6, 6.07) is 8.21. The first-order valence-electron chi connectivity index (χ1n) is 4.88. The monoisotopic (exact) mass is 229 g/mol. The number of thiazole rings is 1. The van der Waals surface area contributed by atoms with Gasteiger partial charge in [0, 0.05) is 5.69 Å². The molecule has 2 rings (SSSR count). The van der Waals surface area contributed by atoms with Crippen LogP contribution in [0.1, 0.15) is 16.0 Å². The van der Waals surface area contributed by atoms with Gasteiger partial charge in [-0.1, -0.05) is 6.07 Å². The zero-order valence-electron chi connectivity index (χ0n) is 9.11. The fourth-order valence-corrected chi connectivity index (χ4v) is 1.90. The van der Waals surface area contributed by atoms with E-state index in [9.17, 15) is 0 Å². The van der Waals surface area contributed by atoms with Gasteiger partial charge in [-0.15, -0.1) is 11.3 Å². The summed E-state index contributed by atoms with van der Waals surface area (Å²) >= 11 is 1.34. The molecule has 4 heteroatoms. The summed E-state index contributed by atoms with van der Waals surface area (Å²) in [5.41, 5.74) is 5.11. The molecule has 0 radical (unpaired) electrons. The van der Waals surface area contributed by atoms with Gasteiger partial charge in [-0.3, -0.25) is 0 Å². The Kier molecular flexibility index (Phi) is 2.88. The van der Waals surface area contributed by atoms with Crippen LogP contribution in [-0.4, -0.2) is 4.98 Å². The first kappa shape index (κ1) is 10.7. The third-order valence-electron chi connectivity index (χ3n) is 2.44. The Bertz CT molecular complexity index is 552. The molecule has 1 aromatic heterocycles. The first-order valence-corrected chi connectivity index (χ1v) is 5.76. The predicted octanol–water partition coefficient (Wildman–Crippen LogP) is 3.38. The fraction of sp³-hybridized carbons (Fsp3) is 0.167. The number of nitrogens with one attached hydrogen (secondary N) is 1. The molecule has 0 bridgehead atoms. The van der Waals surface area contributed by atoms with Crippen molar-refractivity contribution in [2.75, 3.05) is 5.32 Å². The van der Waals surface area contributed by atoms with E-state index < -0.39 is 0 Å². The first-order chi connectivity index (χ1) is 7.70. The van der Waals surface area contributed by atoms with Crippen LogP contribution in [-0.2, 0) is 0 Å². The van der Waals surface area contributed by atoms with Crippen LogP contribution in [0.4, 0.5) is 11.5 Å². The van der Waals surface area contributed by atoms with Crippen molar-refractivity contribution >= 4 is 22.8 Å². The summed E-state index contributed by atoms with van der Waals surface area (Å²) in [5.74, 6) is 0.635. The van der Waals surface area contributed by atoms with Crippen LogP contribution in [0.15, 0.2) is 23.7 Å². The lowest BCUT2D eigenvalue weighted by molar-refractivity contribution is 1.32. The average molecular weight is 229 g/mol. The van der Waals surface area contributed by atoms with Crippen LogP contribution in [0.2, 0.25) is 0 Å². The maximum absolute atomic E-state index is 8.86. The average Bonchev–Trinajstić information content (AvgIpc) is 2.71. The van der Waals surface area contributed by atoms with Gasteiger partial charge in [-0.25, -0.2) is 4.98 Å². The zero-order chi connectivity index (χ0) is 11.5. The molecule has 0 aliphatic heterocycles. The van der Waals surface area contributed by atoms with Crippen LogP contribution < -0.4 is 5.32 Å². The van der Waals surface area contributed by atoms with E-state index in [0.717, 1.165) is 5.69 Å². The molecule has 0 saturated carbocycles. The Morgan fingerprint density at radius 2 is 2.12 bits per heavy atom. The number of nitrogens with zero attached hydrogens (tertiary/aromatic N) is 2. The van der Waals surface area contributed by atoms with E-state index in [-0.39, 0.29) is 0 Å². The van der Waals surface area contributed by atoms with Gasteiger partial charge in [-0.2, -0.15) is 5.26 Å². The van der Waals surface area contributed by atoms with Crippen LogP contribution >= 0.6 is 11.3 Å². The van der Waals surface area contributed by atoms with Crippen molar-refractivity contribution in [3.8, 4) is 6.07 Å². The Morgan fingerprint density at radius 1 is 1.31 bits per heavy atom. The molecule has 0 spiro atoms. The fourth-order valence-electron chi connectivity index (χ4n) is 1.37. The van der Waals surface area contributed by atoms with Crippen LogP contribution in [0.3, 0.4) is 0 Å². The lowest BCUT2D eigenvalue weighted by Gasteiger charge is -2.06. The second-order valence-electron chi connectivity index (χ2n) is 3.57. The van der Waals surface area contributed by atoms with E-state index in [1.165, 1.54) is 22.5 Å². The largest absolute Gasteiger partial charge is 0.338 e. The molecule has 3 nitrogen and oxygen atoms in total. The van der Waals surface area contributed by atoms with Gasteiger partial charge in [0.05, 0.1) is 5.51 Å². The molecule has 0 aliphatic carbocycles. The summed E-state index contributed by atoms with van der Waals surface area (Å²) in [6.07, 6.45) is 0. The second kappa shape index (κ2) is 4.33. The number of anilines is 2. The molecule has 16 heavy (non-hydrogen) atoms. The Hall–Kier alpha value is -1.86. The molecule has 80 valence electrons. The number of hydrogen-bond acceptors (Lipinski definition) is 4. The van der Waals surface area contributed by atoms with E-state index in [1.54, 1.807) is 5.51 Å². The number of hydrogen-bond donors (Lipinski definition) is 1. The molecule has 0 atom stereocenters. The topological polar surface area (TPSA) is 48.7 Å². The molecule has 0 fully saturated rings. The molecule has 0 unspecified atom stereocenters. The molecule has 1 N–H and O–H groups in total. The van der Waals surface area contributed by atoms with Gasteiger partial charge >= 0.3 is 0 Å². The van der Waals surface area contributed by atoms with Crippen molar-refractivity contribution in [2.45, 2.75) is 13.8 Å². The maximum Gasteiger partial charge on any atom is 0.159 e. The highest BCUT2D eigenvalue weighted by molar-refractivity contribution is 7.10. The number of aryl methyl sites for hydroxylation is 2. The summed E-state index contributed by atoms with van der Waals surface area (Å²) in [7, 11) is 0. The van der Waals surface area contributed by atoms with Gasteiger partial charge < -0.3 is 5.32 Å². The predicted molar refractivity (Wildman–Crippen MR) is 66.0 cm³/mol. The van der Waals surface area contributed by atoms with Crippen LogP contribution in [0, 0.1) is 25.2 Å². The van der Waals surface area contributed by atoms with Gasteiger partial charge in [0.25, 0.3) is 0 Å². The molecule has 0 aliphatic rings. The number of rotatable bonds is 2. The van der Waals surface area contributed by atoms with Crippen LogP contribution in [0.25, 0.3) is 0 Å². The second-order valence-corrected chi connectivity index (χ2v) is 4.42. The van der Waals surface area contributed by atoms with Gasteiger partial charge in [-0.05, 0) is 37.1 Å². The minimum Gasteiger partial charge on any atom is -0.338 e. The van der Waals surface area contributed by atoms with Crippen molar-refractivity contribution in [3.05, 3.63) is 39.7 Å². The SMILES string of the molecule is Cc1ccc(Nc2ncsc2C#N)cc1C. The zero-order valence-corrected chi connectivity index (χ0v) is 9.93. The Balaban J connectivity index is 2.28. The Morgan fingerprint density at radius 3 is 2.81 bits per heavy atom. The highest BCUT2D eigenvalue weighted by Gasteiger charge is 2.05. The quantitative estimate of drug-likeness (QED) is 0.858. The number of aromatic nitrogens is 1. The summed E-state index contributed by atoms with van der Waals surface area (Å²) in [4.78, 5) is 4.73. The molecule has 2 aromatic rings. The van der Waals surface area contributed by atoms with Crippen molar-refractivity contribution < 1.29 is 0 Å². The van der Waals surface area contributed by atoms with Crippen molar-refractivity contribution in [1.82, 2.24) is 4.98 Å². The minimum absolute atomic E-state index is 0.609. The highest BCUT2D eigenvalue weighted by Crippen LogP contribution is 2.23. The van der Waals surface area contributed by atoms with Gasteiger partial charge in [0.1, 0.15) is 10.9 Å². The Labute approximate surface area is 98.4 Å². The molecule has 0 saturated heterocycles. The molecular weight excluding hydrogens is 218 g/mol. The maximum atomic E-state index is 8.86. The highest BCUT2D eigenvalue weighted by atomic mass is 32.1. The van der Waals surface area contributed by atoms with Gasteiger partial charge in [0.15, 0.2) is 5.82 Å². The molecule has 1 aromatic carbocycles. The summed E-state index contributed by atoms with van der Waals surface area (Å²) < 4.78 is 0. The van der Waals surface area contributed by atoms with E-state index in [2.05, 4.69) is 42.4 Å². The lowest BCUT2D eigenvalue weighted by Crippen LogP contribution is -1.93. The van der Waals surface area contributed by atoms with E-state index >= 15 is 0 Å². The lowest BCUT2D eigenvalue weighted by atomic mass is 10.1. The smallest absolute Gasteiger partial charge is 0.159 e. The summed E-state index contributed by atoms with van der Waals surface area (Å²) in [6.45, 7) is 4.13. The number of benzene rings is 1. The molecule has 1 heterocycles. The van der Waals surface area contributed by atoms with Crippen LogP contribution in [0.5, 0.6) is 0 Å². The van der Waals surface area contributed by atoms with Crippen molar-refractivity contribution in [1.29, 1.82) is 5.26 Å². The minimum atomic E-state index is 0.609.